The number of aromatic nitrogens is 1. The van der Waals surface area contributed by atoms with E-state index in [9.17, 15) is 4.79 Å². The van der Waals surface area contributed by atoms with E-state index >= 15 is 0 Å². The first-order valence-electron chi connectivity index (χ1n) is 11.7. The molecule has 0 atom stereocenters. The first-order chi connectivity index (χ1) is 17.1. The van der Waals surface area contributed by atoms with Crippen LogP contribution in [0, 0.1) is 6.92 Å². The molecule has 5 aromatic rings. The van der Waals surface area contributed by atoms with Crippen molar-refractivity contribution >= 4 is 11.5 Å². The highest BCUT2D eigenvalue weighted by Gasteiger charge is 2.20. The van der Waals surface area contributed by atoms with Gasteiger partial charge < -0.3 is 9.73 Å². The number of anilines is 1. The van der Waals surface area contributed by atoms with Crippen molar-refractivity contribution in [2.75, 3.05) is 11.9 Å². The lowest BCUT2D eigenvalue weighted by Gasteiger charge is -2.12. The van der Waals surface area contributed by atoms with Crippen molar-refractivity contribution in [2.24, 2.45) is 0 Å². The van der Waals surface area contributed by atoms with Crippen molar-refractivity contribution in [1.82, 2.24) is 4.98 Å². The summed E-state index contributed by atoms with van der Waals surface area (Å²) in [5.41, 5.74) is 7.77. The molecule has 0 aliphatic rings. The molecule has 0 amide bonds. The van der Waals surface area contributed by atoms with E-state index in [4.69, 9.17) is 9.40 Å². The molecule has 0 saturated heterocycles. The van der Waals surface area contributed by atoms with Gasteiger partial charge in [0.1, 0.15) is 11.5 Å². The van der Waals surface area contributed by atoms with Crippen LogP contribution < -0.4 is 5.32 Å². The van der Waals surface area contributed by atoms with Gasteiger partial charge in [-0.2, -0.15) is 0 Å². The fraction of sp³-hybridized carbons (Fsp3) is 0.0968. The molecule has 1 heterocycles. The number of rotatable bonds is 7. The molecule has 1 aromatic heterocycles. The van der Waals surface area contributed by atoms with E-state index in [0.717, 1.165) is 50.5 Å². The van der Waals surface area contributed by atoms with Crippen LogP contribution in [0.4, 0.5) is 5.69 Å². The first kappa shape index (κ1) is 22.4. The minimum absolute atomic E-state index is 0.0943. The van der Waals surface area contributed by atoms with E-state index in [1.165, 1.54) is 0 Å². The van der Waals surface area contributed by atoms with Crippen molar-refractivity contribution in [2.45, 2.75) is 13.8 Å². The third-order valence-electron chi connectivity index (χ3n) is 5.94. The highest BCUT2D eigenvalue weighted by molar-refractivity contribution is 5.86. The fourth-order valence-corrected chi connectivity index (χ4v) is 4.13. The van der Waals surface area contributed by atoms with Crippen molar-refractivity contribution in [3.8, 4) is 45.2 Å². The van der Waals surface area contributed by atoms with Crippen molar-refractivity contribution in [3.63, 3.8) is 0 Å². The van der Waals surface area contributed by atoms with E-state index in [1.807, 2.05) is 85.8 Å². The number of nitrogens with zero attached hydrogens (tertiary/aromatic N) is 1. The van der Waals surface area contributed by atoms with Crippen LogP contribution >= 0.6 is 0 Å². The van der Waals surface area contributed by atoms with Gasteiger partial charge in [-0.15, -0.1) is 0 Å². The summed E-state index contributed by atoms with van der Waals surface area (Å²) in [4.78, 5) is 16.5. The van der Waals surface area contributed by atoms with E-state index in [-0.39, 0.29) is 5.78 Å². The van der Waals surface area contributed by atoms with E-state index < -0.39 is 0 Å². The number of carbonyl (C=O) groups excluding carboxylic acids is 1. The van der Waals surface area contributed by atoms with Crippen LogP contribution in [0.1, 0.15) is 12.5 Å². The van der Waals surface area contributed by atoms with E-state index in [0.29, 0.717) is 12.4 Å². The Morgan fingerprint density at radius 1 is 0.771 bits per heavy atom. The number of ketones is 1. The Morgan fingerprint density at radius 2 is 1.40 bits per heavy atom. The van der Waals surface area contributed by atoms with Gasteiger partial charge in [0.05, 0.1) is 6.54 Å². The maximum absolute atomic E-state index is 11.5. The van der Waals surface area contributed by atoms with Gasteiger partial charge in [0.15, 0.2) is 5.76 Å². The molecule has 4 heteroatoms. The lowest BCUT2D eigenvalue weighted by molar-refractivity contribution is -0.115. The number of hydrogen-bond donors (Lipinski definition) is 1. The average molecular weight is 459 g/mol. The van der Waals surface area contributed by atoms with Gasteiger partial charge in [-0.1, -0.05) is 91.0 Å². The summed E-state index contributed by atoms with van der Waals surface area (Å²) in [5.74, 6) is 1.41. The third kappa shape index (κ3) is 4.78. The molecule has 0 saturated carbocycles. The predicted molar refractivity (Wildman–Crippen MR) is 142 cm³/mol. The smallest absolute Gasteiger partial charge is 0.227 e. The Bertz CT molecular complexity index is 1410. The Balaban J connectivity index is 1.63. The van der Waals surface area contributed by atoms with Crippen LogP contribution in [-0.2, 0) is 4.79 Å². The molecule has 0 aliphatic heterocycles. The standard InChI is InChI=1S/C31H26N2O2/c1-21-17-18-25(19-28(21)32-20-22(2)34)26-15-9-10-16-27(26)31-33-29(23-11-5-3-6-12-23)30(35-31)24-13-7-4-8-14-24/h3-19,32H,20H2,1-2H3. The number of nitrogens with one attached hydrogen (secondary N) is 1. The minimum Gasteiger partial charge on any atom is -0.435 e. The molecular weight excluding hydrogens is 432 g/mol. The molecular formula is C31H26N2O2. The zero-order valence-corrected chi connectivity index (χ0v) is 19.8. The van der Waals surface area contributed by atoms with Crippen molar-refractivity contribution in [1.29, 1.82) is 0 Å². The zero-order valence-electron chi connectivity index (χ0n) is 19.8. The number of benzene rings is 4. The Morgan fingerprint density at radius 3 is 2.09 bits per heavy atom. The summed E-state index contributed by atoms with van der Waals surface area (Å²) in [6.07, 6.45) is 0. The van der Waals surface area contributed by atoms with Crippen LogP contribution in [-0.4, -0.2) is 17.3 Å². The second kappa shape index (κ2) is 9.82. The number of oxazole rings is 1. The van der Waals surface area contributed by atoms with Crippen LogP contribution in [0.15, 0.2) is 108 Å². The normalized spacial score (nSPS) is 10.8. The molecule has 35 heavy (non-hydrogen) atoms. The summed E-state index contributed by atoms with van der Waals surface area (Å²) in [5, 5.41) is 3.25. The Hall–Kier alpha value is -4.44. The molecule has 5 rings (SSSR count). The summed E-state index contributed by atoms with van der Waals surface area (Å²) >= 11 is 0. The SMILES string of the molecule is CC(=O)CNc1cc(-c2ccccc2-c2nc(-c3ccccc3)c(-c3ccccc3)o2)ccc1C. The lowest BCUT2D eigenvalue weighted by atomic mass is 9.97. The maximum atomic E-state index is 11.5. The van der Waals surface area contributed by atoms with Crippen molar-refractivity contribution < 1.29 is 9.21 Å². The summed E-state index contributed by atoms with van der Waals surface area (Å²) in [7, 11) is 0. The van der Waals surface area contributed by atoms with Crippen LogP contribution in [0.25, 0.3) is 45.2 Å². The summed E-state index contributed by atoms with van der Waals surface area (Å²) < 4.78 is 6.47. The molecule has 0 bridgehead atoms. The summed E-state index contributed by atoms with van der Waals surface area (Å²) in [6.45, 7) is 3.91. The summed E-state index contributed by atoms with van der Waals surface area (Å²) in [6, 6.07) is 34.5. The second-order valence-electron chi connectivity index (χ2n) is 8.56. The van der Waals surface area contributed by atoms with Crippen LogP contribution in [0.2, 0.25) is 0 Å². The predicted octanol–water partition coefficient (Wildman–Crippen LogP) is 7.65. The monoisotopic (exact) mass is 458 g/mol. The molecule has 4 nitrogen and oxygen atoms in total. The molecule has 0 fully saturated rings. The van der Waals surface area contributed by atoms with Gasteiger partial charge in [-0.05, 0) is 42.7 Å². The van der Waals surface area contributed by atoms with E-state index in [2.05, 4.69) is 29.6 Å². The number of Topliss-reactive ketones (excluding diaryl/α,β-unsaturated/α-hetero) is 1. The number of aryl methyl sites for hydroxylation is 1. The van der Waals surface area contributed by atoms with Gasteiger partial charge in [-0.25, -0.2) is 4.98 Å². The molecule has 1 N–H and O–H groups in total. The second-order valence-corrected chi connectivity index (χ2v) is 8.56. The maximum Gasteiger partial charge on any atom is 0.227 e. The molecule has 0 spiro atoms. The van der Waals surface area contributed by atoms with E-state index in [1.54, 1.807) is 6.92 Å². The fourth-order valence-electron chi connectivity index (χ4n) is 4.13. The molecule has 0 radical (unpaired) electrons. The minimum atomic E-state index is 0.0943. The van der Waals surface area contributed by atoms with Crippen molar-refractivity contribution in [3.05, 3.63) is 109 Å². The highest BCUT2D eigenvalue weighted by atomic mass is 16.4. The third-order valence-corrected chi connectivity index (χ3v) is 5.94. The number of hydrogen-bond acceptors (Lipinski definition) is 4. The first-order valence-corrected chi connectivity index (χ1v) is 11.7. The van der Waals surface area contributed by atoms with Crippen LogP contribution in [0.3, 0.4) is 0 Å². The zero-order chi connectivity index (χ0) is 24.2. The van der Waals surface area contributed by atoms with Gasteiger partial charge in [0.2, 0.25) is 5.89 Å². The van der Waals surface area contributed by atoms with Gasteiger partial charge >= 0.3 is 0 Å². The Labute approximate surface area is 205 Å². The van der Waals surface area contributed by atoms with Gasteiger partial charge in [0.25, 0.3) is 0 Å². The largest absolute Gasteiger partial charge is 0.435 e. The molecule has 4 aromatic carbocycles. The van der Waals surface area contributed by atoms with Crippen LogP contribution in [0.5, 0.6) is 0 Å². The van der Waals surface area contributed by atoms with Gasteiger partial charge in [0, 0.05) is 22.4 Å². The van der Waals surface area contributed by atoms with Gasteiger partial charge in [-0.3, -0.25) is 4.79 Å². The quantitative estimate of drug-likeness (QED) is 0.272. The number of carbonyl (C=O) groups is 1. The highest BCUT2D eigenvalue weighted by Crippen LogP contribution is 2.39. The molecule has 172 valence electrons. The lowest BCUT2D eigenvalue weighted by Crippen LogP contribution is -2.10. The average Bonchev–Trinajstić information content (AvgIpc) is 3.35. The molecule has 0 unspecified atom stereocenters. The Kier molecular flexibility index (Phi) is 6.27. The molecule has 0 aliphatic carbocycles. The topological polar surface area (TPSA) is 55.1 Å².